The molecular formula is C118H101BN4. The third kappa shape index (κ3) is 12.1. The molecule has 0 bridgehead atoms. The van der Waals surface area contributed by atoms with E-state index in [2.05, 4.69) is 463 Å². The van der Waals surface area contributed by atoms with Crippen LogP contribution < -0.4 is 26.2 Å². The Morgan fingerprint density at radius 2 is 0.528 bits per heavy atom. The van der Waals surface area contributed by atoms with Gasteiger partial charge >= 0.3 is 0 Å². The standard InChI is InChI=1S/C118H101BN4/c1-114(2,3)82-50-40-74(41-51-82)93-64-80(72-28-18-16-19-29-72)65-94(75-42-52-83(53-43-75)115(4,5)6)112(93)122-103-70-87(120-99-38-24-22-34-89(99)90-35-23-25-39-100(90)120)58-60-97(103)119-98-61-59-88(121-101-62-48-78-32-26-36-91-92-37-27-33-79-49-63-102(121)110(108(79)92)109(101)107(78)91)71-104(98)123(106-69-86(118(13,14)15)68-105(122)111(106)119)113-95(76-44-54-84(55-45-76)116(7,8)9)66-81(73-30-20-17-21-31-73)67-96(113)77-46-56-85(57-47-77)117(10,11)12/h16-71H,1-15H3. The monoisotopic (exact) mass is 1580 g/mol. The first-order valence-electron chi connectivity index (χ1n) is 44.1. The second kappa shape index (κ2) is 27.5. The van der Waals surface area contributed by atoms with Gasteiger partial charge in [0.1, 0.15) is 0 Å². The molecule has 0 radical (unpaired) electrons. The van der Waals surface area contributed by atoms with E-state index in [9.17, 15) is 0 Å². The largest absolute Gasteiger partial charge is 0.310 e. The summed E-state index contributed by atoms with van der Waals surface area (Å²) >= 11 is 0. The van der Waals surface area contributed by atoms with Gasteiger partial charge in [-0.05, 0) is 233 Å². The van der Waals surface area contributed by atoms with Gasteiger partial charge in [0.2, 0.25) is 0 Å². The predicted octanol–water partition coefficient (Wildman–Crippen LogP) is 30.8. The molecule has 596 valence electrons. The van der Waals surface area contributed by atoms with Crippen LogP contribution in [0.5, 0.6) is 0 Å². The van der Waals surface area contributed by atoms with Gasteiger partial charge in [-0.15, -0.1) is 0 Å². The van der Waals surface area contributed by atoms with Gasteiger partial charge in [-0.3, -0.25) is 0 Å². The number of aromatic nitrogens is 2. The molecule has 0 saturated carbocycles. The number of hydrogen-bond donors (Lipinski definition) is 0. The molecule has 123 heavy (non-hydrogen) atoms. The van der Waals surface area contributed by atoms with Gasteiger partial charge in [-0.1, -0.05) is 359 Å². The number of benzene rings is 18. The Labute approximate surface area is 723 Å². The molecule has 4 nitrogen and oxygen atoms in total. The molecule has 0 unspecified atom stereocenters. The van der Waals surface area contributed by atoms with Crippen molar-refractivity contribution in [3.8, 4) is 78.1 Å². The average molecular weight is 1590 g/mol. The Morgan fingerprint density at radius 3 is 0.870 bits per heavy atom. The maximum atomic E-state index is 2.79. The van der Waals surface area contributed by atoms with Crippen molar-refractivity contribution >= 4 is 133 Å². The first-order chi connectivity index (χ1) is 59.2. The van der Waals surface area contributed by atoms with E-state index < -0.39 is 5.41 Å². The molecular weight excluding hydrogens is 1480 g/mol. The van der Waals surface area contributed by atoms with Crippen molar-refractivity contribution in [3.05, 3.63) is 368 Å². The number of fused-ring (bicyclic) bond motifs is 8. The lowest BCUT2D eigenvalue weighted by molar-refractivity contribution is 0.590. The molecule has 0 aliphatic carbocycles. The van der Waals surface area contributed by atoms with E-state index >= 15 is 0 Å². The zero-order valence-electron chi connectivity index (χ0n) is 73.2. The topological polar surface area (TPSA) is 16.3 Å². The molecule has 0 amide bonds. The summed E-state index contributed by atoms with van der Waals surface area (Å²) in [6, 6.07) is 132. The summed E-state index contributed by atoms with van der Waals surface area (Å²) in [5, 5.41) is 12.8. The number of rotatable bonds is 10. The van der Waals surface area contributed by atoms with Gasteiger partial charge < -0.3 is 18.9 Å². The maximum Gasteiger partial charge on any atom is 0.252 e. The lowest BCUT2D eigenvalue weighted by Crippen LogP contribution is -2.61. The second-order valence-corrected chi connectivity index (χ2v) is 40.1. The smallest absolute Gasteiger partial charge is 0.252 e. The SMILES string of the molecule is CC(C)(C)c1ccc(-c2cc(-c3ccccc3)cc(-c3ccc(C(C)(C)C)cc3)c2N2c3cc(-n4c5ccccc5c5ccccc54)ccc3B3c4ccc(-n5c6ccc7cccc8c9cccc%10ccc5c(c%109)c6c78)cc4N(c4c(-c5ccc(C(C)(C)C)cc5)cc(-c5ccccc5)cc4-c4ccc(C(C)(C)C)cc4)c4cc(C(C)(C)C)cc2c43)cc1. The van der Waals surface area contributed by atoms with Crippen LogP contribution in [0.3, 0.4) is 0 Å². The van der Waals surface area contributed by atoms with E-state index in [4.69, 9.17) is 0 Å². The molecule has 20 aromatic rings. The summed E-state index contributed by atoms with van der Waals surface area (Å²) in [6.45, 7) is 34.9. The van der Waals surface area contributed by atoms with E-state index in [-0.39, 0.29) is 28.4 Å². The molecule has 18 aromatic carbocycles. The highest BCUT2D eigenvalue weighted by molar-refractivity contribution is 7.00. The van der Waals surface area contributed by atoms with Gasteiger partial charge in [-0.2, -0.15) is 0 Å². The molecule has 4 heterocycles. The van der Waals surface area contributed by atoms with Gasteiger partial charge in [0.15, 0.2) is 0 Å². The van der Waals surface area contributed by atoms with E-state index in [0.717, 1.165) is 123 Å². The summed E-state index contributed by atoms with van der Waals surface area (Å²) in [5.41, 5.74) is 36.7. The molecule has 2 aliphatic heterocycles. The van der Waals surface area contributed by atoms with Crippen LogP contribution in [-0.2, 0) is 27.1 Å². The Bertz CT molecular complexity index is 7320. The van der Waals surface area contributed by atoms with E-state index in [0.29, 0.717) is 0 Å². The Kier molecular flexibility index (Phi) is 16.9. The molecule has 0 saturated heterocycles. The van der Waals surface area contributed by atoms with Crippen molar-refractivity contribution in [2.75, 3.05) is 9.80 Å². The highest BCUT2D eigenvalue weighted by Crippen LogP contribution is 2.57. The quantitative estimate of drug-likeness (QED) is 0.0771. The fourth-order valence-electron chi connectivity index (χ4n) is 20.7. The molecule has 5 heteroatoms. The van der Waals surface area contributed by atoms with Crippen LogP contribution in [0.1, 0.15) is 132 Å². The fraction of sp³-hybridized carbons (Fsp3) is 0.169. The van der Waals surface area contributed by atoms with Crippen molar-refractivity contribution in [2.24, 2.45) is 0 Å². The maximum absolute atomic E-state index is 2.79. The van der Waals surface area contributed by atoms with E-state index in [1.807, 2.05) is 0 Å². The zero-order chi connectivity index (χ0) is 84.2. The summed E-state index contributed by atoms with van der Waals surface area (Å²) in [5.74, 6) is 0. The molecule has 0 spiro atoms. The van der Waals surface area contributed by atoms with Gasteiger partial charge in [0.25, 0.3) is 6.71 Å². The van der Waals surface area contributed by atoms with Crippen LogP contribution in [0.15, 0.2) is 340 Å². The third-order valence-electron chi connectivity index (χ3n) is 27.2. The number of nitrogens with zero attached hydrogens (tertiary/aromatic N) is 4. The Balaban J connectivity index is 0.928. The molecule has 2 aliphatic rings. The minimum absolute atomic E-state index is 0.0884. The molecule has 22 rings (SSSR count). The number of anilines is 6. The average Bonchev–Trinajstić information content (AvgIpc) is 1.64. The van der Waals surface area contributed by atoms with Crippen molar-refractivity contribution in [1.82, 2.24) is 9.13 Å². The van der Waals surface area contributed by atoms with Crippen LogP contribution in [0.25, 0.3) is 154 Å². The minimum atomic E-state index is -0.396. The van der Waals surface area contributed by atoms with Crippen molar-refractivity contribution in [1.29, 1.82) is 0 Å². The Hall–Kier alpha value is -13.5. The molecule has 0 N–H and O–H groups in total. The van der Waals surface area contributed by atoms with Crippen molar-refractivity contribution < 1.29 is 0 Å². The summed E-state index contributed by atoms with van der Waals surface area (Å²) in [6.07, 6.45) is 0. The summed E-state index contributed by atoms with van der Waals surface area (Å²) < 4.78 is 5.14. The van der Waals surface area contributed by atoms with Crippen LogP contribution in [0.2, 0.25) is 0 Å². The summed E-state index contributed by atoms with van der Waals surface area (Å²) in [7, 11) is 0. The number of hydrogen-bond acceptors (Lipinski definition) is 2. The van der Waals surface area contributed by atoms with Crippen LogP contribution in [-0.4, -0.2) is 15.8 Å². The third-order valence-corrected chi connectivity index (χ3v) is 27.2. The second-order valence-electron chi connectivity index (χ2n) is 40.1. The van der Waals surface area contributed by atoms with Crippen molar-refractivity contribution in [3.63, 3.8) is 0 Å². The molecule has 0 fully saturated rings. The molecule has 0 atom stereocenters. The van der Waals surface area contributed by atoms with Gasteiger partial charge in [-0.25, -0.2) is 0 Å². The fourth-order valence-corrected chi connectivity index (χ4v) is 20.7. The normalized spacial score (nSPS) is 13.3. The predicted molar refractivity (Wildman–Crippen MR) is 530 cm³/mol. The highest BCUT2D eigenvalue weighted by Gasteiger charge is 2.47. The Morgan fingerprint density at radius 1 is 0.211 bits per heavy atom. The summed E-state index contributed by atoms with van der Waals surface area (Å²) in [4.78, 5) is 5.56. The van der Waals surface area contributed by atoms with E-state index in [1.54, 1.807) is 0 Å². The lowest BCUT2D eigenvalue weighted by Gasteiger charge is -2.46. The van der Waals surface area contributed by atoms with Gasteiger partial charge in [0.05, 0.1) is 33.4 Å². The van der Waals surface area contributed by atoms with E-state index in [1.165, 1.54) is 109 Å². The van der Waals surface area contributed by atoms with Gasteiger partial charge in [0, 0.05) is 77.9 Å². The minimum Gasteiger partial charge on any atom is -0.310 e. The lowest BCUT2D eigenvalue weighted by atomic mass is 9.33. The van der Waals surface area contributed by atoms with Crippen LogP contribution in [0.4, 0.5) is 34.1 Å². The zero-order valence-corrected chi connectivity index (χ0v) is 73.2. The highest BCUT2D eigenvalue weighted by atomic mass is 15.2. The molecule has 2 aromatic heterocycles. The number of para-hydroxylation sites is 2. The van der Waals surface area contributed by atoms with Crippen LogP contribution in [0, 0.1) is 0 Å². The first kappa shape index (κ1) is 75.7. The first-order valence-corrected chi connectivity index (χ1v) is 44.1. The van der Waals surface area contributed by atoms with Crippen molar-refractivity contribution in [2.45, 2.75) is 131 Å². The van der Waals surface area contributed by atoms with Crippen LogP contribution >= 0.6 is 0 Å².